The largest absolute Gasteiger partial charge is 0.465 e. The summed E-state index contributed by atoms with van der Waals surface area (Å²) in [6, 6.07) is 0. The summed E-state index contributed by atoms with van der Waals surface area (Å²) in [5.74, 6) is -1.03. The van der Waals surface area contributed by atoms with Crippen molar-refractivity contribution in [3.63, 3.8) is 0 Å². The number of rotatable bonds is 8. The van der Waals surface area contributed by atoms with E-state index < -0.39 is 24.1 Å². The number of esters is 2. The highest BCUT2D eigenvalue weighted by Crippen LogP contribution is 2.11. The Morgan fingerprint density at radius 1 is 1.32 bits per heavy atom. The fourth-order valence-corrected chi connectivity index (χ4v) is 2.07. The molecule has 1 amide bonds. The number of nitrogens with zero attached hydrogens (tertiary/aromatic N) is 1. The smallest absolute Gasteiger partial charge is 0.407 e. The molecule has 0 fully saturated rings. The summed E-state index contributed by atoms with van der Waals surface area (Å²) in [5, 5.41) is 8.96. The standard InChI is InChI=1S/C18H25NO6/c1-3-4-12-24-16(20)9-7-14(2)25-17(21)10-8-15-6-5-11-19(13-15)18(22)23/h6-10,14H,3-5,11-13H2,1-2H3,(H,22,23)/b9-7-,10-8+/t14-/m1/s1. The highest BCUT2D eigenvalue weighted by molar-refractivity contribution is 5.83. The summed E-state index contributed by atoms with van der Waals surface area (Å²) in [5.41, 5.74) is 0.744. The van der Waals surface area contributed by atoms with Gasteiger partial charge in [-0.05, 0) is 31.4 Å². The minimum atomic E-state index is -0.980. The number of carboxylic acid groups (broad SMARTS) is 1. The Labute approximate surface area is 147 Å². The molecular weight excluding hydrogens is 326 g/mol. The normalized spacial score (nSPS) is 15.9. The zero-order chi connectivity index (χ0) is 18.7. The van der Waals surface area contributed by atoms with Crippen molar-refractivity contribution in [2.45, 2.75) is 39.2 Å². The van der Waals surface area contributed by atoms with Crippen molar-refractivity contribution < 1.29 is 29.0 Å². The molecule has 0 aromatic heterocycles. The predicted octanol–water partition coefficient (Wildman–Crippen LogP) is 2.68. The summed E-state index contributed by atoms with van der Waals surface area (Å²) >= 11 is 0. The van der Waals surface area contributed by atoms with Gasteiger partial charge in [-0.3, -0.25) is 0 Å². The number of carbonyl (C=O) groups excluding carboxylic acids is 2. The molecule has 0 radical (unpaired) electrons. The minimum Gasteiger partial charge on any atom is -0.465 e. The van der Waals surface area contributed by atoms with Gasteiger partial charge in [0.05, 0.1) is 6.61 Å². The fourth-order valence-electron chi connectivity index (χ4n) is 2.07. The van der Waals surface area contributed by atoms with Gasteiger partial charge in [0, 0.05) is 25.2 Å². The second-order valence-electron chi connectivity index (χ2n) is 5.63. The van der Waals surface area contributed by atoms with Crippen molar-refractivity contribution in [2.75, 3.05) is 19.7 Å². The molecule has 1 atom stereocenters. The van der Waals surface area contributed by atoms with Gasteiger partial charge in [0.15, 0.2) is 0 Å². The Morgan fingerprint density at radius 3 is 2.76 bits per heavy atom. The van der Waals surface area contributed by atoms with Crippen molar-refractivity contribution in [1.29, 1.82) is 0 Å². The first kappa shape index (κ1) is 20.5. The van der Waals surface area contributed by atoms with Crippen LogP contribution in [0.2, 0.25) is 0 Å². The van der Waals surface area contributed by atoms with Crippen LogP contribution in [-0.4, -0.2) is 53.8 Å². The Morgan fingerprint density at radius 2 is 2.08 bits per heavy atom. The molecule has 1 aliphatic heterocycles. The average Bonchev–Trinajstić information content (AvgIpc) is 2.58. The van der Waals surface area contributed by atoms with E-state index in [-0.39, 0.29) is 6.54 Å². The Bertz CT molecular complexity index is 564. The molecule has 1 rings (SSSR count). The van der Waals surface area contributed by atoms with Gasteiger partial charge < -0.3 is 19.5 Å². The number of unbranched alkanes of at least 4 members (excludes halogenated alkanes) is 1. The van der Waals surface area contributed by atoms with E-state index in [2.05, 4.69) is 0 Å². The van der Waals surface area contributed by atoms with Gasteiger partial charge in [0.25, 0.3) is 0 Å². The summed E-state index contributed by atoms with van der Waals surface area (Å²) in [6.45, 7) is 4.71. The van der Waals surface area contributed by atoms with Crippen LogP contribution < -0.4 is 0 Å². The average molecular weight is 351 g/mol. The van der Waals surface area contributed by atoms with E-state index >= 15 is 0 Å². The molecule has 0 aromatic rings. The van der Waals surface area contributed by atoms with Gasteiger partial charge in [0.2, 0.25) is 0 Å². The second-order valence-corrected chi connectivity index (χ2v) is 5.63. The van der Waals surface area contributed by atoms with E-state index in [0.717, 1.165) is 18.4 Å². The van der Waals surface area contributed by atoms with Crippen molar-refractivity contribution in [3.05, 3.63) is 36.0 Å². The molecule has 0 spiro atoms. The topological polar surface area (TPSA) is 93.1 Å². The number of ether oxygens (including phenoxy) is 2. The molecule has 0 saturated carbocycles. The lowest BCUT2D eigenvalue weighted by Crippen LogP contribution is -2.34. The number of carbonyl (C=O) groups is 3. The monoisotopic (exact) mass is 351 g/mol. The van der Waals surface area contributed by atoms with Gasteiger partial charge in [-0.2, -0.15) is 0 Å². The molecule has 1 N–H and O–H groups in total. The molecule has 138 valence electrons. The van der Waals surface area contributed by atoms with Crippen LogP contribution in [0.1, 0.15) is 33.1 Å². The van der Waals surface area contributed by atoms with Crippen LogP contribution in [0.3, 0.4) is 0 Å². The highest BCUT2D eigenvalue weighted by atomic mass is 16.5. The molecule has 1 aliphatic rings. The van der Waals surface area contributed by atoms with E-state index in [1.807, 2.05) is 13.0 Å². The zero-order valence-corrected chi connectivity index (χ0v) is 14.6. The molecule has 1 heterocycles. The van der Waals surface area contributed by atoms with E-state index in [4.69, 9.17) is 14.6 Å². The summed E-state index contributed by atoms with van der Waals surface area (Å²) in [6.07, 6.45) is 8.19. The first-order chi connectivity index (χ1) is 11.9. The van der Waals surface area contributed by atoms with Crippen LogP contribution in [0.5, 0.6) is 0 Å². The third-order valence-electron chi connectivity index (χ3n) is 3.43. The molecular formula is C18H25NO6. The van der Waals surface area contributed by atoms with Crippen LogP contribution in [0.25, 0.3) is 0 Å². The molecule has 0 aliphatic carbocycles. The molecule has 0 bridgehead atoms. The second kappa shape index (κ2) is 11.1. The van der Waals surface area contributed by atoms with Crippen LogP contribution in [0.4, 0.5) is 4.79 Å². The number of amides is 1. The SMILES string of the molecule is CCCCOC(=O)/C=C\[C@@H](C)OC(=O)/C=C/C1=CCCN(C(=O)O)C1. The Kier molecular flexibility index (Phi) is 9.06. The Balaban J connectivity index is 2.39. The van der Waals surface area contributed by atoms with E-state index in [9.17, 15) is 14.4 Å². The van der Waals surface area contributed by atoms with Crippen molar-refractivity contribution >= 4 is 18.0 Å². The predicted molar refractivity (Wildman–Crippen MR) is 92.0 cm³/mol. The third kappa shape index (κ3) is 8.74. The van der Waals surface area contributed by atoms with Gasteiger partial charge in [0.1, 0.15) is 6.10 Å². The molecule has 25 heavy (non-hydrogen) atoms. The molecule has 0 unspecified atom stereocenters. The van der Waals surface area contributed by atoms with Crippen LogP contribution in [0, 0.1) is 0 Å². The first-order valence-electron chi connectivity index (χ1n) is 8.33. The van der Waals surface area contributed by atoms with Gasteiger partial charge in [-0.1, -0.05) is 25.5 Å². The first-order valence-corrected chi connectivity index (χ1v) is 8.33. The molecule has 0 saturated heterocycles. The van der Waals surface area contributed by atoms with Gasteiger partial charge in [-0.15, -0.1) is 0 Å². The van der Waals surface area contributed by atoms with Crippen LogP contribution >= 0.6 is 0 Å². The Hall–Kier alpha value is -2.57. The molecule has 0 aromatic carbocycles. The number of hydrogen-bond donors (Lipinski definition) is 1. The van der Waals surface area contributed by atoms with Gasteiger partial charge >= 0.3 is 18.0 Å². The maximum atomic E-state index is 11.8. The lowest BCUT2D eigenvalue weighted by atomic mass is 10.1. The van der Waals surface area contributed by atoms with E-state index in [0.29, 0.717) is 19.6 Å². The zero-order valence-electron chi connectivity index (χ0n) is 14.6. The van der Waals surface area contributed by atoms with Crippen molar-refractivity contribution in [1.82, 2.24) is 4.90 Å². The third-order valence-corrected chi connectivity index (χ3v) is 3.43. The quantitative estimate of drug-likeness (QED) is 0.410. The van der Waals surface area contributed by atoms with Crippen LogP contribution in [-0.2, 0) is 19.1 Å². The maximum Gasteiger partial charge on any atom is 0.407 e. The summed E-state index contributed by atoms with van der Waals surface area (Å²) < 4.78 is 10.1. The maximum absolute atomic E-state index is 11.8. The number of hydrogen-bond acceptors (Lipinski definition) is 5. The lowest BCUT2D eigenvalue weighted by Gasteiger charge is -2.23. The molecule has 7 heteroatoms. The highest BCUT2D eigenvalue weighted by Gasteiger charge is 2.15. The van der Waals surface area contributed by atoms with Gasteiger partial charge in [-0.25, -0.2) is 14.4 Å². The lowest BCUT2D eigenvalue weighted by molar-refractivity contribution is -0.141. The van der Waals surface area contributed by atoms with Crippen LogP contribution in [0.15, 0.2) is 36.0 Å². The molecule has 7 nitrogen and oxygen atoms in total. The van der Waals surface area contributed by atoms with Crippen molar-refractivity contribution in [2.24, 2.45) is 0 Å². The summed E-state index contributed by atoms with van der Waals surface area (Å²) in [7, 11) is 0. The summed E-state index contributed by atoms with van der Waals surface area (Å²) in [4.78, 5) is 35.4. The van der Waals surface area contributed by atoms with E-state index in [1.54, 1.807) is 13.0 Å². The van der Waals surface area contributed by atoms with Crippen molar-refractivity contribution in [3.8, 4) is 0 Å². The fraction of sp³-hybridized carbons (Fsp3) is 0.500. The van der Waals surface area contributed by atoms with E-state index in [1.165, 1.54) is 23.1 Å². The minimum absolute atomic E-state index is 0.248.